The lowest BCUT2D eigenvalue weighted by atomic mass is 9.97. The van der Waals surface area contributed by atoms with E-state index in [0.29, 0.717) is 6.54 Å². The number of rotatable bonds is 7. The van der Waals surface area contributed by atoms with Crippen molar-refractivity contribution in [1.82, 2.24) is 5.32 Å². The molecule has 0 aliphatic heterocycles. The molecule has 134 valence electrons. The van der Waals surface area contributed by atoms with Gasteiger partial charge in [0.05, 0.1) is 0 Å². The first-order valence-electron chi connectivity index (χ1n) is 8.95. The molecular weight excluding hydrogens is 314 g/mol. The van der Waals surface area contributed by atoms with Crippen molar-refractivity contribution < 1.29 is 14.3 Å². The van der Waals surface area contributed by atoms with E-state index in [4.69, 9.17) is 4.74 Å². The van der Waals surface area contributed by atoms with Crippen molar-refractivity contribution in [3.63, 3.8) is 0 Å². The van der Waals surface area contributed by atoms with Gasteiger partial charge in [0.15, 0.2) is 6.10 Å². The second-order valence-corrected chi connectivity index (χ2v) is 6.47. The lowest BCUT2D eigenvalue weighted by Crippen LogP contribution is -2.36. The van der Waals surface area contributed by atoms with Crippen molar-refractivity contribution in [2.45, 2.75) is 52.1 Å². The Morgan fingerprint density at radius 2 is 2.00 bits per heavy atom. The van der Waals surface area contributed by atoms with Gasteiger partial charge in [0.25, 0.3) is 5.91 Å². The van der Waals surface area contributed by atoms with Gasteiger partial charge in [-0.15, -0.1) is 0 Å². The average molecular weight is 341 g/mol. The molecule has 0 radical (unpaired) electrons. The lowest BCUT2D eigenvalue weighted by Gasteiger charge is -2.15. The minimum Gasteiger partial charge on any atom is -0.449 e. The summed E-state index contributed by atoms with van der Waals surface area (Å²) in [5.74, 6) is -0.772. The van der Waals surface area contributed by atoms with Gasteiger partial charge in [-0.05, 0) is 57.6 Å². The van der Waals surface area contributed by atoms with Gasteiger partial charge < -0.3 is 10.1 Å². The fourth-order valence-corrected chi connectivity index (χ4v) is 2.73. The van der Waals surface area contributed by atoms with Crippen LogP contribution < -0.4 is 5.32 Å². The van der Waals surface area contributed by atoms with Crippen molar-refractivity contribution in [3.8, 4) is 0 Å². The predicted octanol–water partition coefficient (Wildman–Crippen LogP) is 3.95. The molecule has 4 nitrogen and oxygen atoms in total. The van der Waals surface area contributed by atoms with Crippen LogP contribution in [0.4, 0.5) is 0 Å². The Morgan fingerprint density at radius 1 is 1.24 bits per heavy atom. The Balaban J connectivity index is 1.71. The molecule has 0 saturated heterocycles. The molecule has 0 bridgehead atoms. The normalized spacial score (nSPS) is 15.5. The van der Waals surface area contributed by atoms with Crippen molar-refractivity contribution in [1.29, 1.82) is 0 Å². The standard InChI is InChI=1S/C21H27NO3/c1-16-8-10-19(11-9-16)12-13-20(23)25-17(2)21(24)22-15-14-18-6-4-3-5-7-18/h6,8-13,17H,3-5,7,14-15H2,1-2H3,(H,22,24)/b13-12+/t17-/m0/s1. The van der Waals surface area contributed by atoms with E-state index < -0.39 is 12.1 Å². The molecule has 1 atom stereocenters. The van der Waals surface area contributed by atoms with Crippen molar-refractivity contribution in [2.24, 2.45) is 0 Å². The molecule has 0 spiro atoms. The molecule has 0 saturated carbocycles. The summed E-state index contributed by atoms with van der Waals surface area (Å²) in [6, 6.07) is 7.80. The van der Waals surface area contributed by atoms with E-state index in [9.17, 15) is 9.59 Å². The van der Waals surface area contributed by atoms with Crippen LogP contribution in [0.2, 0.25) is 0 Å². The molecule has 1 aliphatic carbocycles. The van der Waals surface area contributed by atoms with Crippen molar-refractivity contribution >= 4 is 18.0 Å². The number of amides is 1. The van der Waals surface area contributed by atoms with Crippen LogP contribution in [0.25, 0.3) is 6.08 Å². The zero-order valence-electron chi connectivity index (χ0n) is 15.1. The lowest BCUT2D eigenvalue weighted by molar-refractivity contribution is -0.150. The van der Waals surface area contributed by atoms with Gasteiger partial charge in [-0.2, -0.15) is 0 Å². The molecular formula is C21H27NO3. The first-order valence-corrected chi connectivity index (χ1v) is 8.95. The number of hydrogen-bond acceptors (Lipinski definition) is 3. The Bertz CT molecular complexity index is 644. The zero-order chi connectivity index (χ0) is 18.1. The third kappa shape index (κ3) is 6.96. The maximum absolute atomic E-state index is 12.0. The molecule has 4 heteroatoms. The molecule has 1 aromatic carbocycles. The maximum atomic E-state index is 12.0. The van der Waals surface area contributed by atoms with Crippen LogP contribution in [0.1, 0.15) is 50.2 Å². The highest BCUT2D eigenvalue weighted by Gasteiger charge is 2.16. The van der Waals surface area contributed by atoms with Crippen LogP contribution in [0.15, 0.2) is 42.0 Å². The summed E-state index contributed by atoms with van der Waals surface area (Å²) in [7, 11) is 0. The summed E-state index contributed by atoms with van der Waals surface area (Å²) in [6.45, 7) is 4.19. The summed E-state index contributed by atoms with van der Waals surface area (Å²) >= 11 is 0. The highest BCUT2D eigenvalue weighted by molar-refractivity contribution is 5.90. The number of ether oxygens (including phenoxy) is 1. The van der Waals surface area contributed by atoms with Gasteiger partial charge in [0.1, 0.15) is 0 Å². The van der Waals surface area contributed by atoms with Crippen LogP contribution in [-0.2, 0) is 14.3 Å². The molecule has 0 unspecified atom stereocenters. The van der Waals surface area contributed by atoms with E-state index in [2.05, 4.69) is 11.4 Å². The molecule has 1 N–H and O–H groups in total. The molecule has 0 aromatic heterocycles. The van der Waals surface area contributed by atoms with Gasteiger partial charge >= 0.3 is 5.97 Å². The zero-order valence-corrected chi connectivity index (χ0v) is 15.1. The van der Waals surface area contributed by atoms with E-state index in [1.807, 2.05) is 31.2 Å². The largest absolute Gasteiger partial charge is 0.449 e. The molecule has 1 amide bonds. The summed E-state index contributed by atoms with van der Waals surface area (Å²) < 4.78 is 5.15. The number of carbonyl (C=O) groups excluding carboxylic acids is 2. The number of aryl methyl sites for hydroxylation is 1. The maximum Gasteiger partial charge on any atom is 0.331 e. The number of benzene rings is 1. The second kappa shape index (κ2) is 9.82. The molecule has 25 heavy (non-hydrogen) atoms. The Morgan fingerprint density at radius 3 is 2.68 bits per heavy atom. The van der Waals surface area contributed by atoms with Crippen LogP contribution >= 0.6 is 0 Å². The topological polar surface area (TPSA) is 55.4 Å². The van der Waals surface area contributed by atoms with E-state index >= 15 is 0 Å². The van der Waals surface area contributed by atoms with Gasteiger partial charge in [-0.25, -0.2) is 4.79 Å². The van der Waals surface area contributed by atoms with Gasteiger partial charge in [0.2, 0.25) is 0 Å². The highest BCUT2D eigenvalue weighted by Crippen LogP contribution is 2.19. The molecule has 2 rings (SSSR count). The summed E-state index contributed by atoms with van der Waals surface area (Å²) in [4.78, 5) is 23.8. The monoisotopic (exact) mass is 341 g/mol. The van der Waals surface area contributed by atoms with E-state index in [1.54, 1.807) is 13.0 Å². The fourth-order valence-electron chi connectivity index (χ4n) is 2.73. The summed E-state index contributed by atoms with van der Waals surface area (Å²) in [6.07, 6.45) is 10.2. The Labute approximate surface area is 150 Å². The third-order valence-electron chi connectivity index (χ3n) is 4.28. The van der Waals surface area contributed by atoms with Crippen molar-refractivity contribution in [2.75, 3.05) is 6.54 Å². The second-order valence-electron chi connectivity index (χ2n) is 6.47. The molecule has 1 aromatic rings. The van der Waals surface area contributed by atoms with Gasteiger partial charge in [0, 0.05) is 12.6 Å². The summed E-state index contributed by atoms with van der Waals surface area (Å²) in [5, 5.41) is 2.83. The van der Waals surface area contributed by atoms with E-state index in [-0.39, 0.29) is 5.91 Å². The van der Waals surface area contributed by atoms with Gasteiger partial charge in [-0.3, -0.25) is 4.79 Å². The Hall–Kier alpha value is -2.36. The van der Waals surface area contributed by atoms with Crippen LogP contribution in [0.5, 0.6) is 0 Å². The van der Waals surface area contributed by atoms with Crippen LogP contribution in [0, 0.1) is 6.92 Å². The smallest absolute Gasteiger partial charge is 0.331 e. The van der Waals surface area contributed by atoms with E-state index in [1.165, 1.54) is 24.5 Å². The number of nitrogens with one attached hydrogen (secondary N) is 1. The molecule has 0 heterocycles. The quantitative estimate of drug-likeness (QED) is 0.464. The number of esters is 1. The SMILES string of the molecule is Cc1ccc(/C=C/C(=O)O[C@@H](C)C(=O)NCCC2=CCCCC2)cc1. The minimum absolute atomic E-state index is 0.256. The predicted molar refractivity (Wildman–Crippen MR) is 99.9 cm³/mol. The van der Waals surface area contributed by atoms with Crippen LogP contribution in [-0.4, -0.2) is 24.5 Å². The molecule has 0 fully saturated rings. The van der Waals surface area contributed by atoms with E-state index in [0.717, 1.165) is 30.4 Å². The first kappa shape index (κ1) is 19.0. The number of allylic oxidation sites excluding steroid dienone is 1. The number of hydrogen-bond donors (Lipinski definition) is 1. The summed E-state index contributed by atoms with van der Waals surface area (Å²) in [5.41, 5.74) is 3.49. The number of carbonyl (C=O) groups is 2. The Kier molecular flexibility index (Phi) is 7.45. The highest BCUT2D eigenvalue weighted by atomic mass is 16.5. The average Bonchev–Trinajstić information content (AvgIpc) is 2.62. The van der Waals surface area contributed by atoms with Crippen LogP contribution in [0.3, 0.4) is 0 Å². The third-order valence-corrected chi connectivity index (χ3v) is 4.28. The molecule has 1 aliphatic rings. The minimum atomic E-state index is -0.796. The first-order chi connectivity index (χ1) is 12.0. The fraction of sp³-hybridized carbons (Fsp3) is 0.429. The van der Waals surface area contributed by atoms with Crippen molar-refractivity contribution in [3.05, 3.63) is 53.1 Å². The van der Waals surface area contributed by atoms with Gasteiger partial charge in [-0.1, -0.05) is 41.5 Å².